The Labute approximate surface area is 185 Å². The van der Waals surface area contributed by atoms with Gasteiger partial charge in [-0.1, -0.05) is 31.2 Å². The van der Waals surface area contributed by atoms with Gasteiger partial charge in [0.1, 0.15) is 11.8 Å². The number of carbonyl (C=O) groups is 1. The van der Waals surface area contributed by atoms with E-state index in [1.165, 1.54) is 4.31 Å². The van der Waals surface area contributed by atoms with Crippen LogP contribution in [0.2, 0.25) is 0 Å². The van der Waals surface area contributed by atoms with Crippen LogP contribution >= 0.6 is 0 Å². The maximum Gasteiger partial charge on any atom is 0.246 e. The number of aryl methyl sites for hydroxylation is 1. The number of methoxy groups -OCH3 is 1. The molecule has 1 fully saturated rings. The lowest BCUT2D eigenvalue weighted by molar-refractivity contribution is -0.132. The lowest BCUT2D eigenvalue weighted by Gasteiger charge is -2.40. The van der Waals surface area contributed by atoms with Gasteiger partial charge in [-0.15, -0.1) is 0 Å². The van der Waals surface area contributed by atoms with Crippen molar-refractivity contribution in [3.8, 4) is 5.75 Å². The molecule has 1 heterocycles. The second kappa shape index (κ2) is 9.60. The molecule has 0 bridgehead atoms. The van der Waals surface area contributed by atoms with Gasteiger partial charge < -0.3 is 14.5 Å². The fourth-order valence-electron chi connectivity index (χ4n) is 4.08. The van der Waals surface area contributed by atoms with Crippen LogP contribution in [0.15, 0.2) is 48.5 Å². The molecule has 1 amide bonds. The van der Waals surface area contributed by atoms with Gasteiger partial charge in [0.2, 0.25) is 15.9 Å². The van der Waals surface area contributed by atoms with Crippen LogP contribution in [0.3, 0.4) is 0 Å². The fourth-order valence-corrected chi connectivity index (χ4v) is 5.28. The average Bonchev–Trinajstić information content (AvgIpc) is 2.76. The predicted octanol–water partition coefficient (Wildman–Crippen LogP) is 2.90. The lowest BCUT2D eigenvalue weighted by atomic mass is 10.1. The lowest BCUT2D eigenvalue weighted by Crippen LogP contribution is -2.56. The van der Waals surface area contributed by atoms with E-state index in [0.29, 0.717) is 38.3 Å². The normalized spacial score (nSPS) is 15.5. The number of piperazine rings is 1. The third-order valence-electron chi connectivity index (χ3n) is 5.59. The highest BCUT2D eigenvalue weighted by molar-refractivity contribution is 7.92. The van der Waals surface area contributed by atoms with Crippen molar-refractivity contribution in [2.45, 2.75) is 26.3 Å². The fraction of sp³-hybridized carbons (Fsp3) is 0.435. The Morgan fingerprint density at radius 1 is 1.10 bits per heavy atom. The van der Waals surface area contributed by atoms with E-state index in [0.717, 1.165) is 23.3 Å². The largest absolute Gasteiger partial charge is 0.495 e. The first kappa shape index (κ1) is 22.9. The van der Waals surface area contributed by atoms with Gasteiger partial charge in [-0.25, -0.2) is 8.42 Å². The van der Waals surface area contributed by atoms with Crippen LogP contribution in [-0.2, 0) is 14.8 Å². The van der Waals surface area contributed by atoms with Crippen LogP contribution < -0.4 is 13.9 Å². The summed E-state index contributed by atoms with van der Waals surface area (Å²) in [6.07, 6.45) is 1.55. The maximum atomic E-state index is 13.4. The number of hydrogen-bond donors (Lipinski definition) is 0. The molecular weight excluding hydrogens is 414 g/mol. The van der Waals surface area contributed by atoms with Crippen molar-refractivity contribution in [2.75, 3.05) is 48.7 Å². The van der Waals surface area contributed by atoms with Gasteiger partial charge in [-0.2, -0.15) is 0 Å². The van der Waals surface area contributed by atoms with Crippen molar-refractivity contribution in [1.29, 1.82) is 0 Å². The molecule has 0 aliphatic carbocycles. The molecule has 0 unspecified atom stereocenters. The highest BCUT2D eigenvalue weighted by atomic mass is 32.2. The Morgan fingerprint density at radius 3 is 2.35 bits per heavy atom. The molecule has 0 aromatic heterocycles. The van der Waals surface area contributed by atoms with Gasteiger partial charge >= 0.3 is 0 Å². The third-order valence-corrected chi connectivity index (χ3v) is 6.77. The van der Waals surface area contributed by atoms with Crippen molar-refractivity contribution in [1.82, 2.24) is 4.90 Å². The van der Waals surface area contributed by atoms with Gasteiger partial charge in [0.05, 0.1) is 24.7 Å². The van der Waals surface area contributed by atoms with E-state index in [4.69, 9.17) is 4.74 Å². The molecule has 1 atom stereocenters. The van der Waals surface area contributed by atoms with Crippen LogP contribution in [0, 0.1) is 6.92 Å². The molecule has 0 spiro atoms. The highest BCUT2D eigenvalue weighted by Crippen LogP contribution is 2.29. The van der Waals surface area contributed by atoms with E-state index in [1.54, 1.807) is 24.1 Å². The molecule has 0 saturated carbocycles. The SMILES string of the molecule is CC[C@@H](C(=O)N1CCN(c2ccccc2OC)CC1)N(c1cccc(C)c1)S(C)(=O)=O. The number of benzene rings is 2. The van der Waals surface area contributed by atoms with Crippen LogP contribution in [0.4, 0.5) is 11.4 Å². The molecule has 1 saturated heterocycles. The van der Waals surface area contributed by atoms with E-state index >= 15 is 0 Å². The summed E-state index contributed by atoms with van der Waals surface area (Å²) in [5.74, 6) is 0.644. The first-order chi connectivity index (χ1) is 14.8. The molecule has 3 rings (SSSR count). The predicted molar refractivity (Wildman–Crippen MR) is 124 cm³/mol. The number of anilines is 2. The van der Waals surface area contributed by atoms with E-state index in [9.17, 15) is 13.2 Å². The molecule has 0 N–H and O–H groups in total. The quantitative estimate of drug-likeness (QED) is 0.655. The van der Waals surface area contributed by atoms with Gasteiger partial charge in [0.25, 0.3) is 0 Å². The van der Waals surface area contributed by atoms with Crippen LogP contribution in [-0.4, -0.2) is 64.8 Å². The summed E-state index contributed by atoms with van der Waals surface area (Å²) in [5.41, 5.74) is 2.47. The molecule has 8 heteroatoms. The summed E-state index contributed by atoms with van der Waals surface area (Å²) >= 11 is 0. The van der Waals surface area contributed by atoms with Crippen LogP contribution in [0.5, 0.6) is 5.75 Å². The van der Waals surface area contributed by atoms with Gasteiger partial charge in [0.15, 0.2) is 0 Å². The monoisotopic (exact) mass is 445 g/mol. The molecule has 2 aromatic carbocycles. The second-order valence-electron chi connectivity index (χ2n) is 7.81. The Balaban J connectivity index is 1.79. The smallest absolute Gasteiger partial charge is 0.246 e. The second-order valence-corrected chi connectivity index (χ2v) is 9.67. The minimum absolute atomic E-state index is 0.158. The summed E-state index contributed by atoms with van der Waals surface area (Å²) in [6, 6.07) is 14.3. The van der Waals surface area contributed by atoms with Crippen molar-refractivity contribution in [3.63, 3.8) is 0 Å². The van der Waals surface area contributed by atoms with E-state index in [-0.39, 0.29) is 5.91 Å². The number of rotatable bonds is 7. The summed E-state index contributed by atoms with van der Waals surface area (Å²) in [6.45, 7) is 6.13. The zero-order chi connectivity index (χ0) is 22.6. The molecular formula is C23H31N3O4S. The number of ether oxygens (including phenoxy) is 1. The molecule has 168 valence electrons. The van der Waals surface area contributed by atoms with Crippen molar-refractivity contribution >= 4 is 27.3 Å². The molecule has 31 heavy (non-hydrogen) atoms. The van der Waals surface area contributed by atoms with Crippen LogP contribution in [0.25, 0.3) is 0 Å². The van der Waals surface area contributed by atoms with E-state index in [2.05, 4.69) is 4.90 Å². The summed E-state index contributed by atoms with van der Waals surface area (Å²) < 4.78 is 32.1. The topological polar surface area (TPSA) is 70.2 Å². The number of hydrogen-bond acceptors (Lipinski definition) is 5. The molecule has 2 aromatic rings. The highest BCUT2D eigenvalue weighted by Gasteiger charge is 2.35. The summed E-state index contributed by atoms with van der Waals surface area (Å²) in [5, 5.41) is 0. The average molecular weight is 446 g/mol. The Morgan fingerprint density at radius 2 is 1.77 bits per heavy atom. The van der Waals surface area contributed by atoms with Gasteiger partial charge in [0, 0.05) is 26.2 Å². The first-order valence-corrected chi connectivity index (χ1v) is 12.3. The third kappa shape index (κ3) is 5.12. The molecule has 7 nitrogen and oxygen atoms in total. The zero-order valence-corrected chi connectivity index (χ0v) is 19.4. The molecule has 1 aliphatic rings. The standard InChI is InChI=1S/C23H31N3O4S/c1-5-20(26(31(4,28)29)19-10-8-9-18(2)17-19)23(27)25-15-13-24(14-16-25)21-11-6-7-12-22(21)30-3/h6-12,17,20H,5,13-16H2,1-4H3/t20-/m0/s1. The zero-order valence-electron chi connectivity index (χ0n) is 18.6. The number of nitrogens with zero attached hydrogens (tertiary/aromatic N) is 3. The summed E-state index contributed by atoms with van der Waals surface area (Å²) in [7, 11) is -1.99. The molecule has 1 aliphatic heterocycles. The van der Waals surface area contributed by atoms with E-state index in [1.807, 2.05) is 50.2 Å². The minimum atomic E-state index is -3.63. The first-order valence-electron chi connectivity index (χ1n) is 10.5. The maximum absolute atomic E-state index is 13.4. The van der Waals surface area contributed by atoms with Crippen molar-refractivity contribution in [2.24, 2.45) is 0 Å². The summed E-state index contributed by atoms with van der Waals surface area (Å²) in [4.78, 5) is 17.4. The Kier molecular flexibility index (Phi) is 7.10. The van der Waals surface area contributed by atoms with Gasteiger partial charge in [-0.05, 0) is 43.2 Å². The number of sulfonamides is 1. The van der Waals surface area contributed by atoms with Gasteiger partial charge in [-0.3, -0.25) is 9.10 Å². The van der Waals surface area contributed by atoms with Crippen LogP contribution in [0.1, 0.15) is 18.9 Å². The van der Waals surface area contributed by atoms with Crippen molar-refractivity contribution in [3.05, 3.63) is 54.1 Å². The Hall–Kier alpha value is -2.74. The Bertz CT molecular complexity index is 1020. The van der Waals surface area contributed by atoms with E-state index < -0.39 is 16.1 Å². The minimum Gasteiger partial charge on any atom is -0.495 e. The number of amides is 1. The van der Waals surface area contributed by atoms with Crippen molar-refractivity contribution < 1.29 is 17.9 Å². The number of carbonyl (C=O) groups excluding carboxylic acids is 1. The number of para-hydroxylation sites is 2. The molecule has 0 radical (unpaired) electrons.